The molecule has 0 aliphatic carbocycles. The summed E-state index contributed by atoms with van der Waals surface area (Å²) in [5.74, 6) is 0.129. The second-order valence-corrected chi connectivity index (χ2v) is 4.26. The number of nitrogens with one attached hydrogen (secondary N) is 1. The molecule has 0 saturated heterocycles. The van der Waals surface area contributed by atoms with Gasteiger partial charge in [-0.1, -0.05) is 11.6 Å². The lowest BCUT2D eigenvalue weighted by atomic mass is 10.1. The fourth-order valence-electron chi connectivity index (χ4n) is 1.58. The molecule has 0 unspecified atom stereocenters. The Balaban J connectivity index is 2.47. The highest BCUT2D eigenvalue weighted by Crippen LogP contribution is 2.29. The first-order valence-corrected chi connectivity index (χ1v) is 5.59. The number of halogens is 3. The van der Waals surface area contributed by atoms with Crippen molar-refractivity contribution in [1.82, 2.24) is 4.98 Å². The summed E-state index contributed by atoms with van der Waals surface area (Å²) < 4.78 is 29.0. The first-order valence-electron chi connectivity index (χ1n) is 5.21. The molecular formula is C12H10ClF2NO2. The first kappa shape index (κ1) is 12.8. The molecule has 0 saturated carbocycles. The Hall–Kier alpha value is -1.62. The van der Waals surface area contributed by atoms with E-state index >= 15 is 0 Å². The summed E-state index contributed by atoms with van der Waals surface area (Å²) in [6.07, 6.45) is -2.58. The molecule has 2 aromatic rings. The van der Waals surface area contributed by atoms with Crippen LogP contribution in [0.4, 0.5) is 8.78 Å². The molecule has 0 fully saturated rings. The van der Waals surface area contributed by atoms with Gasteiger partial charge in [0.05, 0.1) is 10.5 Å². The van der Waals surface area contributed by atoms with Gasteiger partial charge in [-0.05, 0) is 19.1 Å². The SMILES string of the molecule is Cc1cc2cc(Cl)c(OCC(F)F)cc2[nH]c1=O. The van der Waals surface area contributed by atoms with Gasteiger partial charge in [0, 0.05) is 17.0 Å². The van der Waals surface area contributed by atoms with E-state index in [2.05, 4.69) is 4.98 Å². The van der Waals surface area contributed by atoms with Crippen molar-refractivity contribution in [3.05, 3.63) is 39.1 Å². The predicted molar refractivity (Wildman–Crippen MR) is 65.8 cm³/mol. The smallest absolute Gasteiger partial charge is 0.272 e. The second-order valence-electron chi connectivity index (χ2n) is 3.85. The summed E-state index contributed by atoms with van der Waals surface area (Å²) in [6, 6.07) is 4.69. The number of benzene rings is 1. The standard InChI is InChI=1S/C12H10ClF2NO2/c1-6-2-7-3-8(13)10(18-5-11(14)15)4-9(7)16-12(6)17/h2-4,11H,5H2,1H3,(H,16,17). The van der Waals surface area contributed by atoms with Crippen molar-refractivity contribution >= 4 is 22.5 Å². The van der Waals surface area contributed by atoms with Crippen molar-refractivity contribution in [2.24, 2.45) is 0 Å². The van der Waals surface area contributed by atoms with Gasteiger partial charge < -0.3 is 9.72 Å². The highest BCUT2D eigenvalue weighted by molar-refractivity contribution is 6.32. The molecule has 1 N–H and O–H groups in total. The predicted octanol–water partition coefficient (Wildman–Crippen LogP) is 3.13. The van der Waals surface area contributed by atoms with E-state index in [1.165, 1.54) is 6.07 Å². The van der Waals surface area contributed by atoms with Crippen molar-refractivity contribution in [1.29, 1.82) is 0 Å². The lowest BCUT2D eigenvalue weighted by Gasteiger charge is -2.09. The third kappa shape index (κ3) is 2.61. The topological polar surface area (TPSA) is 42.1 Å². The number of hydrogen-bond donors (Lipinski definition) is 1. The summed E-state index contributed by atoms with van der Waals surface area (Å²) in [6.45, 7) is 0.939. The van der Waals surface area contributed by atoms with Crippen LogP contribution in [-0.2, 0) is 0 Å². The Morgan fingerprint density at radius 3 is 2.78 bits per heavy atom. The van der Waals surface area contributed by atoms with Crippen LogP contribution in [0.5, 0.6) is 5.75 Å². The van der Waals surface area contributed by atoms with Crippen LogP contribution in [0.25, 0.3) is 10.9 Å². The van der Waals surface area contributed by atoms with E-state index in [1.807, 2.05) is 0 Å². The molecule has 0 atom stereocenters. The van der Waals surface area contributed by atoms with E-state index in [1.54, 1.807) is 19.1 Å². The lowest BCUT2D eigenvalue weighted by molar-refractivity contribution is 0.0820. The molecule has 1 heterocycles. The zero-order valence-corrected chi connectivity index (χ0v) is 10.2. The number of pyridine rings is 1. The maximum absolute atomic E-state index is 12.1. The van der Waals surface area contributed by atoms with Crippen LogP contribution in [0, 0.1) is 6.92 Å². The summed E-state index contributed by atoms with van der Waals surface area (Å²) in [5, 5.41) is 0.955. The Bertz CT molecular complexity index is 640. The number of aryl methyl sites for hydroxylation is 1. The molecule has 18 heavy (non-hydrogen) atoms. The van der Waals surface area contributed by atoms with Gasteiger partial charge in [0.2, 0.25) is 0 Å². The molecule has 0 amide bonds. The third-order valence-corrected chi connectivity index (χ3v) is 2.74. The molecule has 0 spiro atoms. The van der Waals surface area contributed by atoms with Crippen LogP contribution < -0.4 is 10.3 Å². The zero-order chi connectivity index (χ0) is 13.3. The summed E-state index contributed by atoms with van der Waals surface area (Å²) in [5.41, 5.74) is 0.823. The molecule has 96 valence electrons. The molecule has 2 rings (SSSR count). The number of fused-ring (bicyclic) bond motifs is 1. The molecule has 0 aliphatic heterocycles. The Morgan fingerprint density at radius 1 is 1.39 bits per heavy atom. The summed E-state index contributed by atoms with van der Waals surface area (Å²) >= 11 is 5.92. The van der Waals surface area contributed by atoms with E-state index in [0.29, 0.717) is 11.1 Å². The molecule has 0 bridgehead atoms. The Morgan fingerprint density at radius 2 is 2.11 bits per heavy atom. The van der Waals surface area contributed by atoms with Gasteiger partial charge >= 0.3 is 0 Å². The highest BCUT2D eigenvalue weighted by atomic mass is 35.5. The maximum atomic E-state index is 12.1. The molecule has 1 aromatic carbocycles. The number of hydrogen-bond acceptors (Lipinski definition) is 2. The normalized spacial score (nSPS) is 11.2. The van der Waals surface area contributed by atoms with Crippen LogP contribution in [0.2, 0.25) is 5.02 Å². The monoisotopic (exact) mass is 273 g/mol. The van der Waals surface area contributed by atoms with Gasteiger partial charge in [-0.25, -0.2) is 8.78 Å². The number of alkyl halides is 2. The van der Waals surface area contributed by atoms with Crippen LogP contribution >= 0.6 is 11.6 Å². The van der Waals surface area contributed by atoms with E-state index in [-0.39, 0.29) is 16.3 Å². The zero-order valence-electron chi connectivity index (χ0n) is 9.47. The third-order valence-electron chi connectivity index (χ3n) is 2.45. The number of rotatable bonds is 3. The van der Waals surface area contributed by atoms with E-state index in [0.717, 1.165) is 5.39 Å². The van der Waals surface area contributed by atoms with Crippen LogP contribution in [0.1, 0.15) is 5.56 Å². The van der Waals surface area contributed by atoms with Gasteiger partial charge in [-0.3, -0.25) is 4.79 Å². The van der Waals surface area contributed by atoms with Gasteiger partial charge in [0.25, 0.3) is 12.0 Å². The van der Waals surface area contributed by atoms with E-state index in [9.17, 15) is 13.6 Å². The number of aromatic amines is 1. The molecule has 0 aliphatic rings. The quantitative estimate of drug-likeness (QED) is 0.933. The van der Waals surface area contributed by atoms with Gasteiger partial charge in [0.15, 0.2) is 0 Å². The van der Waals surface area contributed by atoms with Crippen LogP contribution in [0.15, 0.2) is 23.0 Å². The maximum Gasteiger partial charge on any atom is 0.272 e. The largest absolute Gasteiger partial charge is 0.486 e. The fraction of sp³-hybridized carbons (Fsp3) is 0.250. The van der Waals surface area contributed by atoms with Crippen molar-refractivity contribution in [3.8, 4) is 5.75 Å². The molecule has 3 nitrogen and oxygen atoms in total. The summed E-state index contributed by atoms with van der Waals surface area (Å²) in [7, 11) is 0. The number of ether oxygens (including phenoxy) is 1. The van der Waals surface area contributed by atoms with Gasteiger partial charge in [0.1, 0.15) is 12.4 Å². The van der Waals surface area contributed by atoms with Crippen molar-refractivity contribution in [2.45, 2.75) is 13.3 Å². The number of H-pyrrole nitrogens is 1. The van der Waals surface area contributed by atoms with Crippen molar-refractivity contribution in [3.63, 3.8) is 0 Å². The first-order chi connectivity index (χ1) is 8.47. The average molecular weight is 274 g/mol. The minimum Gasteiger partial charge on any atom is -0.486 e. The van der Waals surface area contributed by atoms with Crippen LogP contribution in [-0.4, -0.2) is 18.0 Å². The highest BCUT2D eigenvalue weighted by Gasteiger charge is 2.09. The Kier molecular flexibility index (Phi) is 3.52. The molecular weight excluding hydrogens is 264 g/mol. The van der Waals surface area contributed by atoms with Gasteiger partial charge in [-0.15, -0.1) is 0 Å². The minimum atomic E-state index is -2.58. The van der Waals surface area contributed by atoms with E-state index in [4.69, 9.17) is 16.3 Å². The second kappa shape index (κ2) is 4.94. The van der Waals surface area contributed by atoms with Crippen molar-refractivity contribution in [2.75, 3.05) is 6.61 Å². The summed E-state index contributed by atoms with van der Waals surface area (Å²) in [4.78, 5) is 14.1. The van der Waals surface area contributed by atoms with Crippen molar-refractivity contribution < 1.29 is 13.5 Å². The Labute approximate surface area is 106 Å². The number of aromatic nitrogens is 1. The van der Waals surface area contributed by atoms with Gasteiger partial charge in [-0.2, -0.15) is 0 Å². The molecule has 0 radical (unpaired) electrons. The van der Waals surface area contributed by atoms with Crippen LogP contribution in [0.3, 0.4) is 0 Å². The molecule has 6 heteroatoms. The average Bonchev–Trinajstić information content (AvgIpc) is 2.29. The van der Waals surface area contributed by atoms with E-state index < -0.39 is 13.0 Å². The molecule has 1 aromatic heterocycles. The minimum absolute atomic E-state index is 0.129. The fourth-order valence-corrected chi connectivity index (χ4v) is 1.81. The lowest BCUT2D eigenvalue weighted by Crippen LogP contribution is -2.10.